The second-order valence-electron chi connectivity index (χ2n) is 6.68. The van der Waals surface area contributed by atoms with Crippen LogP contribution in [0, 0.1) is 0 Å². The summed E-state index contributed by atoms with van der Waals surface area (Å²) in [6.45, 7) is 0.834. The van der Waals surface area contributed by atoms with Crippen molar-refractivity contribution in [3.05, 3.63) is 23.8 Å². The van der Waals surface area contributed by atoms with E-state index in [1.54, 1.807) is 25.1 Å². The summed E-state index contributed by atoms with van der Waals surface area (Å²) < 4.78 is 15.3. The summed E-state index contributed by atoms with van der Waals surface area (Å²) >= 11 is 0. The summed E-state index contributed by atoms with van der Waals surface area (Å²) in [6.07, 6.45) is 3.93. The van der Waals surface area contributed by atoms with Crippen LogP contribution in [0.25, 0.3) is 0 Å². The molecule has 0 aromatic heterocycles. The van der Waals surface area contributed by atoms with Gasteiger partial charge in [-0.25, -0.2) is 9.59 Å². The largest absolute Gasteiger partial charge is 0.454 e. The molecule has 1 heterocycles. The van der Waals surface area contributed by atoms with E-state index in [-0.39, 0.29) is 12.8 Å². The van der Waals surface area contributed by atoms with Crippen molar-refractivity contribution in [2.45, 2.75) is 38.6 Å². The predicted octanol–water partition coefficient (Wildman–Crippen LogP) is 1.47. The Morgan fingerprint density at radius 1 is 1.14 bits per heavy atom. The molecule has 1 saturated carbocycles. The van der Waals surface area contributed by atoms with Gasteiger partial charge < -0.3 is 24.4 Å². The van der Waals surface area contributed by atoms with Crippen LogP contribution >= 0.6 is 0 Å². The Kier molecular flexibility index (Phi) is 6.88. The zero-order chi connectivity index (χ0) is 20.6. The molecule has 1 aliphatic carbocycles. The number of imide groups is 1. The van der Waals surface area contributed by atoms with E-state index >= 15 is 0 Å². The monoisotopic (exact) mass is 405 g/mol. The molecule has 0 saturated heterocycles. The van der Waals surface area contributed by atoms with E-state index < -0.39 is 31.1 Å². The van der Waals surface area contributed by atoms with Gasteiger partial charge in [0, 0.05) is 11.6 Å². The maximum atomic E-state index is 11.7. The van der Waals surface area contributed by atoms with Gasteiger partial charge in [0.25, 0.3) is 5.91 Å². The molecule has 3 rings (SSSR count). The average molecular weight is 405 g/mol. The lowest BCUT2D eigenvalue weighted by Crippen LogP contribution is -2.45. The van der Waals surface area contributed by atoms with Gasteiger partial charge in [0.05, 0.1) is 5.71 Å². The molecule has 0 atom stereocenters. The zero-order valence-corrected chi connectivity index (χ0v) is 16.1. The lowest BCUT2D eigenvalue weighted by atomic mass is 10.1. The van der Waals surface area contributed by atoms with E-state index in [1.165, 1.54) is 0 Å². The fraction of sp³-hybridized carbons (Fsp3) is 0.474. The van der Waals surface area contributed by atoms with Gasteiger partial charge in [0.15, 0.2) is 18.1 Å². The molecule has 1 aliphatic heterocycles. The normalized spacial score (nSPS) is 15.7. The van der Waals surface area contributed by atoms with Crippen LogP contribution in [0.15, 0.2) is 23.4 Å². The van der Waals surface area contributed by atoms with Crippen LogP contribution in [-0.2, 0) is 19.2 Å². The first-order chi connectivity index (χ1) is 14.0. The third kappa shape index (κ3) is 6.09. The third-order valence-corrected chi connectivity index (χ3v) is 4.48. The number of nitrogens with zero attached hydrogens (tertiary/aromatic N) is 1. The van der Waals surface area contributed by atoms with E-state index in [0.717, 1.165) is 31.2 Å². The zero-order valence-electron chi connectivity index (χ0n) is 16.1. The highest BCUT2D eigenvalue weighted by Crippen LogP contribution is 2.32. The average Bonchev–Trinajstić information content (AvgIpc) is 3.37. The van der Waals surface area contributed by atoms with Crippen molar-refractivity contribution >= 4 is 23.6 Å². The van der Waals surface area contributed by atoms with Gasteiger partial charge in [0.2, 0.25) is 13.4 Å². The quantitative estimate of drug-likeness (QED) is 0.400. The van der Waals surface area contributed by atoms with E-state index in [2.05, 4.69) is 15.8 Å². The molecule has 0 unspecified atom stereocenters. The molecule has 0 bridgehead atoms. The van der Waals surface area contributed by atoms with Crippen molar-refractivity contribution < 1.29 is 33.4 Å². The molecule has 10 nitrogen and oxygen atoms in total. The Morgan fingerprint density at radius 2 is 1.90 bits per heavy atom. The number of ether oxygens (including phenoxy) is 3. The first kappa shape index (κ1) is 20.4. The van der Waals surface area contributed by atoms with Crippen LogP contribution in [0.3, 0.4) is 0 Å². The minimum absolute atomic E-state index is 0.0876. The maximum absolute atomic E-state index is 11.7. The number of hydrogen-bond acceptors (Lipinski definition) is 8. The first-order valence-electron chi connectivity index (χ1n) is 9.34. The fourth-order valence-corrected chi connectivity index (χ4v) is 3.00. The lowest BCUT2D eigenvalue weighted by molar-refractivity contribution is -0.152. The molecule has 29 heavy (non-hydrogen) atoms. The number of oxime groups is 1. The Labute approximate surface area is 167 Å². The first-order valence-corrected chi connectivity index (χ1v) is 9.34. The number of hydrogen-bond donors (Lipinski definition) is 2. The van der Waals surface area contributed by atoms with Gasteiger partial charge in [-0.3, -0.25) is 10.1 Å². The minimum Gasteiger partial charge on any atom is -0.454 e. The number of esters is 1. The predicted molar refractivity (Wildman–Crippen MR) is 101 cm³/mol. The van der Waals surface area contributed by atoms with E-state index in [4.69, 9.17) is 19.0 Å². The smallest absolute Gasteiger partial charge is 0.347 e. The van der Waals surface area contributed by atoms with Crippen molar-refractivity contribution in [2.24, 2.45) is 5.16 Å². The van der Waals surface area contributed by atoms with Gasteiger partial charge in [-0.15, -0.1) is 0 Å². The second kappa shape index (κ2) is 9.76. The minimum atomic E-state index is -0.779. The number of amides is 3. The lowest BCUT2D eigenvalue weighted by Gasteiger charge is -2.12. The summed E-state index contributed by atoms with van der Waals surface area (Å²) in [6, 6.07) is 4.80. The van der Waals surface area contributed by atoms with Crippen molar-refractivity contribution in [2.75, 3.05) is 20.0 Å². The SMILES string of the molecule is C/C(=N/OCC(=O)OCC(=O)NC(=O)NC1CCCC1)c1ccc2c(c1)OCO2. The molecule has 0 spiro atoms. The van der Waals surface area contributed by atoms with Crippen molar-refractivity contribution in [1.82, 2.24) is 10.6 Å². The highest BCUT2D eigenvalue weighted by Gasteiger charge is 2.19. The Hall–Kier alpha value is -3.30. The third-order valence-electron chi connectivity index (χ3n) is 4.48. The molecule has 3 amide bonds. The summed E-state index contributed by atoms with van der Waals surface area (Å²) in [5, 5.41) is 8.67. The van der Waals surface area contributed by atoms with Crippen LogP contribution in [0.1, 0.15) is 38.2 Å². The molecular formula is C19H23N3O7. The molecule has 2 N–H and O–H groups in total. The van der Waals surface area contributed by atoms with Gasteiger partial charge in [0.1, 0.15) is 0 Å². The van der Waals surface area contributed by atoms with Crippen LogP contribution in [0.2, 0.25) is 0 Å². The van der Waals surface area contributed by atoms with Crippen LogP contribution in [0.5, 0.6) is 11.5 Å². The number of carbonyl (C=O) groups is 3. The number of nitrogens with one attached hydrogen (secondary N) is 2. The fourth-order valence-electron chi connectivity index (χ4n) is 3.00. The molecule has 1 aromatic rings. The molecule has 156 valence electrons. The van der Waals surface area contributed by atoms with E-state index in [0.29, 0.717) is 17.2 Å². The summed E-state index contributed by atoms with van der Waals surface area (Å²) in [5.74, 6) is -0.229. The number of benzene rings is 1. The van der Waals surface area contributed by atoms with E-state index in [1.807, 2.05) is 0 Å². The number of rotatable bonds is 7. The van der Waals surface area contributed by atoms with E-state index in [9.17, 15) is 14.4 Å². The van der Waals surface area contributed by atoms with Crippen molar-refractivity contribution in [3.63, 3.8) is 0 Å². The Balaban J connectivity index is 1.34. The molecule has 10 heteroatoms. The Bertz CT molecular complexity index is 803. The second-order valence-corrected chi connectivity index (χ2v) is 6.68. The van der Waals surface area contributed by atoms with Gasteiger partial charge >= 0.3 is 12.0 Å². The highest BCUT2D eigenvalue weighted by atomic mass is 16.7. The Morgan fingerprint density at radius 3 is 2.69 bits per heavy atom. The van der Waals surface area contributed by atoms with Crippen LogP contribution in [-0.4, -0.2) is 49.7 Å². The molecule has 1 aromatic carbocycles. The number of fused-ring (bicyclic) bond motifs is 1. The molecule has 1 fully saturated rings. The molecule has 0 radical (unpaired) electrons. The van der Waals surface area contributed by atoms with Gasteiger partial charge in [-0.1, -0.05) is 18.0 Å². The summed E-state index contributed by atoms with van der Waals surface area (Å²) in [4.78, 5) is 39.9. The van der Waals surface area contributed by atoms with Gasteiger partial charge in [-0.2, -0.15) is 0 Å². The van der Waals surface area contributed by atoms with Crippen LogP contribution < -0.4 is 20.1 Å². The topological polar surface area (TPSA) is 125 Å². The number of urea groups is 1. The number of carbonyl (C=O) groups excluding carboxylic acids is 3. The molecular weight excluding hydrogens is 382 g/mol. The van der Waals surface area contributed by atoms with Crippen molar-refractivity contribution in [1.29, 1.82) is 0 Å². The standard InChI is InChI=1S/C19H23N3O7/c1-12(13-6-7-15-16(8-13)28-11-27-15)22-29-10-18(24)26-9-17(23)21-19(25)20-14-4-2-3-5-14/h6-8,14H,2-5,9-11H2,1H3,(H2,20,21,23,25)/b22-12-. The summed E-state index contributed by atoms with van der Waals surface area (Å²) in [7, 11) is 0. The van der Waals surface area contributed by atoms with Crippen molar-refractivity contribution in [3.8, 4) is 11.5 Å². The van der Waals surface area contributed by atoms with Gasteiger partial charge in [-0.05, 0) is 38.0 Å². The summed E-state index contributed by atoms with van der Waals surface area (Å²) in [5.41, 5.74) is 1.27. The maximum Gasteiger partial charge on any atom is 0.347 e. The van der Waals surface area contributed by atoms with Crippen LogP contribution in [0.4, 0.5) is 4.79 Å². The highest BCUT2D eigenvalue weighted by molar-refractivity contribution is 5.99. The molecule has 2 aliphatic rings.